The molecule has 4 rings (SSSR count). The van der Waals surface area contributed by atoms with Crippen LogP contribution in [0.2, 0.25) is 0 Å². The zero-order chi connectivity index (χ0) is 17.2. The first-order valence-electron chi connectivity index (χ1n) is 9.34. The molecule has 4 heterocycles. The predicted molar refractivity (Wildman–Crippen MR) is 97.3 cm³/mol. The van der Waals surface area contributed by atoms with E-state index >= 15 is 0 Å². The lowest BCUT2D eigenvalue weighted by Crippen LogP contribution is -2.53. The summed E-state index contributed by atoms with van der Waals surface area (Å²) < 4.78 is 7.19. The lowest BCUT2D eigenvalue weighted by atomic mass is 9.99. The first kappa shape index (κ1) is 16.8. The Bertz CT molecular complexity index is 659. The number of rotatable bonds is 5. The second-order valence-electron chi connectivity index (χ2n) is 7.59. The van der Waals surface area contributed by atoms with Crippen LogP contribution in [0, 0.1) is 0 Å². The Morgan fingerprint density at radius 3 is 2.64 bits per heavy atom. The van der Waals surface area contributed by atoms with Gasteiger partial charge in [-0.3, -0.25) is 14.5 Å². The van der Waals surface area contributed by atoms with Gasteiger partial charge in [0.15, 0.2) is 0 Å². The van der Waals surface area contributed by atoms with Crippen LogP contribution >= 0.6 is 0 Å². The molecule has 0 aromatic carbocycles. The molecule has 25 heavy (non-hydrogen) atoms. The maximum Gasteiger partial charge on any atom is 0.0947 e. The molecule has 0 bridgehead atoms. The fourth-order valence-electron chi connectivity index (χ4n) is 4.38. The van der Waals surface area contributed by atoms with Gasteiger partial charge in [-0.1, -0.05) is 0 Å². The number of furan rings is 1. The average Bonchev–Trinajstić information content (AvgIpc) is 3.33. The quantitative estimate of drug-likeness (QED) is 0.822. The van der Waals surface area contributed by atoms with Gasteiger partial charge in [-0.2, -0.15) is 5.10 Å². The van der Waals surface area contributed by atoms with Crippen LogP contribution in [0.15, 0.2) is 35.4 Å². The van der Waals surface area contributed by atoms with Crippen molar-refractivity contribution in [3.63, 3.8) is 0 Å². The highest BCUT2D eigenvalue weighted by molar-refractivity contribution is 5.12. The minimum Gasteiger partial charge on any atom is -0.472 e. The van der Waals surface area contributed by atoms with Crippen molar-refractivity contribution < 1.29 is 4.42 Å². The van der Waals surface area contributed by atoms with Crippen molar-refractivity contribution in [3.05, 3.63) is 42.1 Å². The summed E-state index contributed by atoms with van der Waals surface area (Å²) in [5, 5.41) is 4.37. The molecule has 2 aliphatic rings. The molecule has 6 heteroatoms. The SMILES string of the molecule is CN1CCN([C@@H]2CCN(Cc3ccoc3)[C@H]2Cc2cnn(C)c2)CC1. The van der Waals surface area contributed by atoms with E-state index in [1.807, 2.05) is 24.2 Å². The maximum absolute atomic E-state index is 5.28. The number of aromatic nitrogens is 2. The van der Waals surface area contributed by atoms with Gasteiger partial charge in [0.2, 0.25) is 0 Å². The van der Waals surface area contributed by atoms with E-state index in [-0.39, 0.29) is 0 Å². The lowest BCUT2D eigenvalue weighted by molar-refractivity contribution is 0.0850. The summed E-state index contributed by atoms with van der Waals surface area (Å²) in [6.45, 7) is 6.86. The zero-order valence-electron chi connectivity index (χ0n) is 15.3. The Hall–Kier alpha value is -1.63. The van der Waals surface area contributed by atoms with E-state index < -0.39 is 0 Å². The van der Waals surface area contributed by atoms with Crippen LogP contribution in [0.5, 0.6) is 0 Å². The third-order valence-corrected chi connectivity index (χ3v) is 5.80. The molecular weight excluding hydrogens is 314 g/mol. The van der Waals surface area contributed by atoms with E-state index in [0.717, 1.165) is 19.5 Å². The largest absolute Gasteiger partial charge is 0.472 e. The number of likely N-dealkylation sites (tertiary alicyclic amines) is 1. The number of nitrogens with zero attached hydrogens (tertiary/aromatic N) is 5. The lowest BCUT2D eigenvalue weighted by Gasteiger charge is -2.40. The number of aryl methyl sites for hydroxylation is 1. The van der Waals surface area contributed by atoms with Gasteiger partial charge < -0.3 is 9.32 Å². The molecule has 2 aromatic heterocycles. The average molecular weight is 343 g/mol. The van der Waals surface area contributed by atoms with Crippen LogP contribution in [0.1, 0.15) is 17.5 Å². The number of piperazine rings is 1. The molecule has 2 aliphatic heterocycles. The number of likely N-dealkylation sites (N-methyl/N-ethyl adjacent to an activating group) is 1. The van der Waals surface area contributed by atoms with Crippen LogP contribution < -0.4 is 0 Å². The summed E-state index contributed by atoms with van der Waals surface area (Å²) in [7, 11) is 4.23. The van der Waals surface area contributed by atoms with Crippen molar-refractivity contribution in [2.75, 3.05) is 39.8 Å². The highest BCUT2D eigenvalue weighted by Crippen LogP contribution is 2.28. The zero-order valence-corrected chi connectivity index (χ0v) is 15.3. The highest BCUT2D eigenvalue weighted by Gasteiger charge is 2.38. The molecule has 2 fully saturated rings. The Morgan fingerprint density at radius 2 is 1.96 bits per heavy atom. The van der Waals surface area contributed by atoms with E-state index in [1.54, 1.807) is 6.26 Å². The second-order valence-corrected chi connectivity index (χ2v) is 7.59. The Kier molecular flexibility index (Phi) is 4.92. The van der Waals surface area contributed by atoms with E-state index in [1.165, 1.54) is 43.7 Å². The first-order valence-corrected chi connectivity index (χ1v) is 9.34. The van der Waals surface area contributed by atoms with E-state index in [2.05, 4.69) is 39.1 Å². The minimum absolute atomic E-state index is 0.544. The normalized spacial score (nSPS) is 26.5. The summed E-state index contributed by atoms with van der Waals surface area (Å²) >= 11 is 0. The third-order valence-electron chi connectivity index (χ3n) is 5.80. The van der Waals surface area contributed by atoms with Crippen LogP contribution in [-0.4, -0.2) is 76.3 Å². The summed E-state index contributed by atoms with van der Waals surface area (Å²) in [4.78, 5) is 7.79. The van der Waals surface area contributed by atoms with Gasteiger partial charge >= 0.3 is 0 Å². The molecule has 0 amide bonds. The van der Waals surface area contributed by atoms with Crippen molar-refractivity contribution >= 4 is 0 Å². The van der Waals surface area contributed by atoms with Crippen molar-refractivity contribution in [2.24, 2.45) is 7.05 Å². The molecule has 2 atom stereocenters. The molecule has 0 N–H and O–H groups in total. The van der Waals surface area contributed by atoms with E-state index in [4.69, 9.17) is 4.42 Å². The molecule has 136 valence electrons. The monoisotopic (exact) mass is 343 g/mol. The molecule has 6 nitrogen and oxygen atoms in total. The maximum atomic E-state index is 5.28. The number of hydrogen-bond acceptors (Lipinski definition) is 5. The highest BCUT2D eigenvalue weighted by atomic mass is 16.3. The van der Waals surface area contributed by atoms with Crippen molar-refractivity contribution in [1.29, 1.82) is 0 Å². The van der Waals surface area contributed by atoms with Crippen molar-refractivity contribution in [3.8, 4) is 0 Å². The van der Waals surface area contributed by atoms with Crippen LogP contribution in [0.4, 0.5) is 0 Å². The molecule has 0 saturated carbocycles. The predicted octanol–water partition coefficient (Wildman–Crippen LogP) is 1.45. The van der Waals surface area contributed by atoms with Gasteiger partial charge in [0.05, 0.1) is 18.7 Å². The molecule has 0 radical (unpaired) electrons. The Morgan fingerprint density at radius 1 is 1.12 bits per heavy atom. The van der Waals surface area contributed by atoms with E-state index in [0.29, 0.717) is 12.1 Å². The van der Waals surface area contributed by atoms with Crippen molar-refractivity contribution in [1.82, 2.24) is 24.5 Å². The van der Waals surface area contributed by atoms with Gasteiger partial charge in [0.1, 0.15) is 0 Å². The molecular formula is C19H29N5O. The van der Waals surface area contributed by atoms with Gasteiger partial charge in [-0.25, -0.2) is 0 Å². The van der Waals surface area contributed by atoms with Crippen LogP contribution in [0.25, 0.3) is 0 Å². The van der Waals surface area contributed by atoms with Crippen LogP contribution in [-0.2, 0) is 20.0 Å². The van der Waals surface area contributed by atoms with Crippen molar-refractivity contribution in [2.45, 2.75) is 31.5 Å². The smallest absolute Gasteiger partial charge is 0.0947 e. The minimum atomic E-state index is 0.544. The topological polar surface area (TPSA) is 40.7 Å². The molecule has 0 unspecified atom stereocenters. The van der Waals surface area contributed by atoms with Gasteiger partial charge in [0, 0.05) is 70.2 Å². The van der Waals surface area contributed by atoms with Gasteiger partial charge in [0.25, 0.3) is 0 Å². The third kappa shape index (κ3) is 3.81. The molecule has 2 saturated heterocycles. The Labute approximate surface area is 150 Å². The molecule has 0 aliphatic carbocycles. The first-order chi connectivity index (χ1) is 12.2. The number of hydrogen-bond donors (Lipinski definition) is 0. The summed E-state index contributed by atoms with van der Waals surface area (Å²) in [5.74, 6) is 0. The fraction of sp³-hybridized carbons (Fsp3) is 0.632. The summed E-state index contributed by atoms with van der Waals surface area (Å²) in [6.07, 6.45) is 10.2. The van der Waals surface area contributed by atoms with E-state index in [9.17, 15) is 0 Å². The summed E-state index contributed by atoms with van der Waals surface area (Å²) in [5.41, 5.74) is 2.61. The summed E-state index contributed by atoms with van der Waals surface area (Å²) in [6, 6.07) is 3.27. The van der Waals surface area contributed by atoms with Crippen LogP contribution in [0.3, 0.4) is 0 Å². The molecule has 0 spiro atoms. The van der Waals surface area contributed by atoms with Gasteiger partial charge in [-0.15, -0.1) is 0 Å². The Balaban J connectivity index is 1.50. The standard InChI is InChI=1S/C19H29N5O/c1-21-6-8-23(9-7-21)18-3-5-24(14-16-4-10-25-15-16)19(18)11-17-12-20-22(2)13-17/h4,10,12-13,15,18-19H,3,5-9,11,14H2,1-2H3/t18-,19+/m1/s1. The second kappa shape index (κ2) is 7.32. The fourth-order valence-corrected chi connectivity index (χ4v) is 4.38. The van der Waals surface area contributed by atoms with Gasteiger partial charge in [-0.05, 0) is 31.5 Å². The molecule has 2 aromatic rings.